The number of hydrogen-bond acceptors (Lipinski definition) is 3. The Kier molecular flexibility index (Phi) is 4.85. The molecule has 1 aromatic carbocycles. The Bertz CT molecular complexity index is 619. The maximum absolute atomic E-state index is 12.9. The van der Waals surface area contributed by atoms with Gasteiger partial charge in [-0.05, 0) is 37.1 Å². The average Bonchev–Trinajstić information content (AvgIpc) is 2.84. The first kappa shape index (κ1) is 16.9. The van der Waals surface area contributed by atoms with Crippen molar-refractivity contribution in [3.63, 3.8) is 0 Å². The first-order chi connectivity index (χ1) is 11.4. The van der Waals surface area contributed by atoms with Crippen molar-refractivity contribution in [2.75, 3.05) is 33.7 Å². The largest absolute Gasteiger partial charge is 0.341 e. The number of nitrogens with zero attached hydrogens (tertiary/aromatic N) is 3. The van der Waals surface area contributed by atoms with Crippen LogP contribution in [-0.4, -0.2) is 66.3 Å². The average molecular weight is 333 g/mol. The van der Waals surface area contributed by atoms with Crippen molar-refractivity contribution in [2.45, 2.75) is 25.4 Å². The summed E-state index contributed by atoms with van der Waals surface area (Å²) in [5.41, 5.74) is 0.978. The first-order valence-corrected chi connectivity index (χ1v) is 8.40. The number of piperidine rings is 1. The third kappa shape index (κ3) is 3.59. The highest BCUT2D eigenvalue weighted by Gasteiger charge is 2.41. The van der Waals surface area contributed by atoms with E-state index in [0.717, 1.165) is 18.5 Å². The molecule has 6 heteroatoms. The Morgan fingerprint density at radius 2 is 2.04 bits per heavy atom. The molecule has 0 N–H and O–H groups in total. The van der Waals surface area contributed by atoms with E-state index in [-0.39, 0.29) is 23.7 Å². The number of benzene rings is 1. The van der Waals surface area contributed by atoms with E-state index in [1.165, 1.54) is 12.1 Å². The highest BCUT2D eigenvalue weighted by Crippen LogP contribution is 2.31. The molecular weight excluding hydrogens is 309 g/mol. The molecule has 0 saturated carbocycles. The lowest BCUT2D eigenvalue weighted by atomic mass is 9.92. The predicted molar refractivity (Wildman–Crippen MR) is 88.6 cm³/mol. The van der Waals surface area contributed by atoms with E-state index in [2.05, 4.69) is 0 Å². The zero-order chi connectivity index (χ0) is 17.3. The van der Waals surface area contributed by atoms with Crippen molar-refractivity contribution in [1.29, 1.82) is 0 Å². The summed E-state index contributed by atoms with van der Waals surface area (Å²) in [5, 5.41) is 0. The fourth-order valence-corrected chi connectivity index (χ4v) is 3.73. The summed E-state index contributed by atoms with van der Waals surface area (Å²) < 4.78 is 12.9. The van der Waals surface area contributed by atoms with E-state index in [0.29, 0.717) is 32.0 Å². The molecule has 2 fully saturated rings. The van der Waals surface area contributed by atoms with Gasteiger partial charge in [0, 0.05) is 33.1 Å². The van der Waals surface area contributed by atoms with Crippen LogP contribution in [0.25, 0.3) is 0 Å². The Balaban J connectivity index is 1.53. The van der Waals surface area contributed by atoms with Gasteiger partial charge in [-0.1, -0.05) is 12.1 Å². The van der Waals surface area contributed by atoms with Crippen molar-refractivity contribution in [1.82, 2.24) is 14.7 Å². The summed E-state index contributed by atoms with van der Waals surface area (Å²) in [6.45, 7) is 2.29. The SMILES string of the molecule is CN(CC(=O)N1CC[C@@H]2CC(=O)N(C)[C@@H]2C1)Cc1ccc(F)cc1. The van der Waals surface area contributed by atoms with Gasteiger partial charge in [0.15, 0.2) is 0 Å². The van der Waals surface area contributed by atoms with Gasteiger partial charge in [-0.3, -0.25) is 14.5 Å². The van der Waals surface area contributed by atoms with Gasteiger partial charge >= 0.3 is 0 Å². The molecule has 2 heterocycles. The minimum absolute atomic E-state index is 0.0887. The minimum atomic E-state index is -0.254. The number of carbonyl (C=O) groups is 2. The number of likely N-dealkylation sites (tertiary alicyclic amines) is 2. The summed E-state index contributed by atoms with van der Waals surface area (Å²) in [4.78, 5) is 30.0. The van der Waals surface area contributed by atoms with Crippen LogP contribution in [0.2, 0.25) is 0 Å². The number of halogens is 1. The topological polar surface area (TPSA) is 43.9 Å². The van der Waals surface area contributed by atoms with Crippen molar-refractivity contribution in [3.8, 4) is 0 Å². The van der Waals surface area contributed by atoms with Gasteiger partial charge < -0.3 is 9.80 Å². The van der Waals surface area contributed by atoms with Crippen molar-refractivity contribution >= 4 is 11.8 Å². The number of rotatable bonds is 4. The molecule has 2 atom stereocenters. The number of carbonyl (C=O) groups excluding carboxylic acids is 2. The second kappa shape index (κ2) is 6.89. The molecule has 2 amide bonds. The Hall–Kier alpha value is -1.95. The molecule has 0 unspecified atom stereocenters. The lowest BCUT2D eigenvalue weighted by molar-refractivity contribution is -0.136. The third-order valence-electron chi connectivity index (χ3n) is 5.17. The number of amides is 2. The van der Waals surface area contributed by atoms with E-state index in [4.69, 9.17) is 0 Å². The monoisotopic (exact) mass is 333 g/mol. The van der Waals surface area contributed by atoms with Gasteiger partial charge in [0.1, 0.15) is 5.82 Å². The van der Waals surface area contributed by atoms with Gasteiger partial charge in [0.05, 0.1) is 12.6 Å². The number of fused-ring (bicyclic) bond motifs is 1. The van der Waals surface area contributed by atoms with Crippen LogP contribution in [0.4, 0.5) is 4.39 Å². The molecule has 2 saturated heterocycles. The van der Waals surface area contributed by atoms with Gasteiger partial charge in [-0.2, -0.15) is 0 Å². The standard InChI is InChI=1S/C18H24FN3O2/c1-20(10-13-3-5-15(19)6-4-13)12-18(24)22-8-7-14-9-17(23)21(2)16(14)11-22/h3-6,14,16H,7-12H2,1-2H3/t14-,16-/m1/s1. The quantitative estimate of drug-likeness (QED) is 0.835. The highest BCUT2D eigenvalue weighted by molar-refractivity contribution is 5.81. The van der Waals surface area contributed by atoms with Crippen LogP contribution < -0.4 is 0 Å². The molecule has 0 aliphatic carbocycles. The molecule has 0 spiro atoms. The molecule has 3 rings (SSSR count). The van der Waals surface area contributed by atoms with Gasteiger partial charge in [0.2, 0.25) is 11.8 Å². The van der Waals surface area contributed by atoms with Crippen LogP contribution in [0.15, 0.2) is 24.3 Å². The molecule has 1 aromatic rings. The second-order valence-corrected chi connectivity index (χ2v) is 6.96. The van der Waals surface area contributed by atoms with Gasteiger partial charge in [-0.15, -0.1) is 0 Å². The maximum Gasteiger partial charge on any atom is 0.236 e. The summed E-state index contributed by atoms with van der Waals surface area (Å²) in [6.07, 6.45) is 1.52. The third-order valence-corrected chi connectivity index (χ3v) is 5.17. The fraction of sp³-hybridized carbons (Fsp3) is 0.556. The minimum Gasteiger partial charge on any atom is -0.341 e. The Morgan fingerprint density at radius 3 is 2.75 bits per heavy atom. The van der Waals surface area contributed by atoms with Crippen molar-refractivity contribution in [3.05, 3.63) is 35.6 Å². The van der Waals surface area contributed by atoms with E-state index in [9.17, 15) is 14.0 Å². The Morgan fingerprint density at radius 1 is 1.33 bits per heavy atom. The number of hydrogen-bond donors (Lipinski definition) is 0. The summed E-state index contributed by atoms with van der Waals surface area (Å²) in [5.74, 6) is 0.414. The van der Waals surface area contributed by atoms with Gasteiger partial charge in [-0.25, -0.2) is 4.39 Å². The van der Waals surface area contributed by atoms with E-state index in [1.54, 1.807) is 17.0 Å². The van der Waals surface area contributed by atoms with Crippen LogP contribution in [-0.2, 0) is 16.1 Å². The van der Waals surface area contributed by atoms with Crippen molar-refractivity contribution in [2.24, 2.45) is 5.92 Å². The van der Waals surface area contributed by atoms with E-state index >= 15 is 0 Å². The predicted octanol–water partition coefficient (Wildman–Crippen LogP) is 1.34. The Labute approximate surface area is 142 Å². The molecule has 0 bridgehead atoms. The maximum atomic E-state index is 12.9. The van der Waals surface area contributed by atoms with Crippen LogP contribution in [0, 0.1) is 11.7 Å². The molecule has 0 radical (unpaired) electrons. The fourth-order valence-electron chi connectivity index (χ4n) is 3.73. The lowest BCUT2D eigenvalue weighted by Gasteiger charge is -2.37. The van der Waals surface area contributed by atoms with Crippen LogP contribution in [0.1, 0.15) is 18.4 Å². The highest BCUT2D eigenvalue weighted by atomic mass is 19.1. The lowest BCUT2D eigenvalue weighted by Crippen LogP contribution is -2.51. The van der Waals surface area contributed by atoms with E-state index in [1.807, 2.05) is 23.9 Å². The van der Waals surface area contributed by atoms with Crippen LogP contribution >= 0.6 is 0 Å². The zero-order valence-corrected chi connectivity index (χ0v) is 14.2. The summed E-state index contributed by atoms with van der Waals surface area (Å²) >= 11 is 0. The summed E-state index contributed by atoms with van der Waals surface area (Å²) in [6, 6.07) is 6.50. The molecule has 2 aliphatic heterocycles. The van der Waals surface area contributed by atoms with Crippen LogP contribution in [0.3, 0.4) is 0 Å². The molecule has 24 heavy (non-hydrogen) atoms. The van der Waals surface area contributed by atoms with Crippen LogP contribution in [0.5, 0.6) is 0 Å². The zero-order valence-electron chi connectivity index (χ0n) is 14.2. The molecule has 5 nitrogen and oxygen atoms in total. The van der Waals surface area contributed by atoms with Crippen molar-refractivity contribution < 1.29 is 14.0 Å². The smallest absolute Gasteiger partial charge is 0.236 e. The molecule has 2 aliphatic rings. The normalized spacial score (nSPS) is 23.8. The summed E-state index contributed by atoms with van der Waals surface area (Å²) in [7, 11) is 3.72. The van der Waals surface area contributed by atoms with E-state index < -0.39 is 0 Å². The molecule has 0 aromatic heterocycles. The second-order valence-electron chi connectivity index (χ2n) is 6.96. The number of likely N-dealkylation sites (N-methyl/N-ethyl adjacent to an activating group) is 2. The first-order valence-electron chi connectivity index (χ1n) is 8.40. The molecular formula is C18H24FN3O2. The molecule has 130 valence electrons. The van der Waals surface area contributed by atoms with Gasteiger partial charge in [0.25, 0.3) is 0 Å².